The van der Waals surface area contributed by atoms with Crippen molar-refractivity contribution in [1.82, 2.24) is 5.32 Å². The third-order valence-corrected chi connectivity index (χ3v) is 4.44. The number of alkyl carbamates (subject to hydrolysis) is 1. The van der Waals surface area contributed by atoms with E-state index in [1.165, 1.54) is 0 Å². The molecule has 1 unspecified atom stereocenters. The minimum atomic E-state index is -0.950. The second kappa shape index (κ2) is 10.5. The van der Waals surface area contributed by atoms with Gasteiger partial charge in [0, 0.05) is 12.5 Å². The molecule has 1 aromatic carbocycles. The summed E-state index contributed by atoms with van der Waals surface area (Å²) >= 11 is 3.41. The number of amides is 1. The van der Waals surface area contributed by atoms with Crippen molar-refractivity contribution in [3.63, 3.8) is 0 Å². The molecule has 0 fully saturated rings. The highest BCUT2D eigenvalue weighted by molar-refractivity contribution is 9.10. The molecule has 0 radical (unpaired) electrons. The Labute approximate surface area is 175 Å². The Kier molecular flexibility index (Phi) is 9.07. The average Bonchev–Trinajstić information content (AvgIpc) is 2.60. The van der Waals surface area contributed by atoms with Crippen molar-refractivity contribution in [1.29, 1.82) is 0 Å². The Morgan fingerprint density at radius 2 is 1.68 bits per heavy atom. The molecule has 1 amide bonds. The molecule has 0 heterocycles. The van der Waals surface area contributed by atoms with E-state index in [2.05, 4.69) is 21.2 Å². The predicted molar refractivity (Wildman–Crippen MR) is 110 cm³/mol. The van der Waals surface area contributed by atoms with Crippen LogP contribution in [0.25, 0.3) is 0 Å². The molecule has 158 valence electrons. The Balaban J connectivity index is 2.65. The molecule has 0 saturated carbocycles. The smallest absolute Gasteiger partial charge is 0.410 e. The first kappa shape index (κ1) is 24.1. The van der Waals surface area contributed by atoms with Crippen LogP contribution in [-0.4, -0.2) is 39.1 Å². The predicted octanol–water partition coefficient (Wildman–Crippen LogP) is 4.31. The standard InChI is InChI=1S/C20H30BrNO6/c1-12(2)17(27-18(23)20(3,4)5)28-19(24)22-9-8-13-10-16(26-7)14(21)11-15(13)25-6/h10-12,17H,8-9H2,1-7H3,(H,22,24). The quantitative estimate of drug-likeness (QED) is 0.460. The number of nitrogens with one attached hydrogen (secondary N) is 1. The number of esters is 1. The Morgan fingerprint density at radius 3 is 2.18 bits per heavy atom. The third kappa shape index (κ3) is 7.22. The van der Waals surface area contributed by atoms with Crippen LogP contribution in [0.4, 0.5) is 4.79 Å². The van der Waals surface area contributed by atoms with E-state index < -0.39 is 23.8 Å². The normalized spacial score (nSPS) is 12.3. The summed E-state index contributed by atoms with van der Waals surface area (Å²) in [4.78, 5) is 24.2. The van der Waals surface area contributed by atoms with Crippen molar-refractivity contribution in [2.24, 2.45) is 11.3 Å². The molecule has 0 saturated heterocycles. The fraction of sp³-hybridized carbons (Fsp3) is 0.600. The summed E-state index contributed by atoms with van der Waals surface area (Å²) in [6, 6.07) is 3.66. The number of methoxy groups -OCH3 is 2. The SMILES string of the molecule is COc1cc(CCNC(=O)OC(OC(=O)C(C)(C)C)C(C)C)c(OC)cc1Br. The number of halogens is 1. The summed E-state index contributed by atoms with van der Waals surface area (Å²) in [6.07, 6.45) is -1.09. The van der Waals surface area contributed by atoms with Gasteiger partial charge in [-0.05, 0) is 60.8 Å². The second-order valence-electron chi connectivity index (χ2n) is 7.65. The summed E-state index contributed by atoms with van der Waals surface area (Å²) in [5, 5.41) is 2.67. The molecule has 0 aliphatic rings. The maximum atomic E-state index is 12.1. The van der Waals surface area contributed by atoms with Crippen LogP contribution in [0.3, 0.4) is 0 Å². The van der Waals surface area contributed by atoms with Crippen LogP contribution in [0.1, 0.15) is 40.2 Å². The van der Waals surface area contributed by atoms with Crippen LogP contribution in [0.2, 0.25) is 0 Å². The lowest BCUT2D eigenvalue weighted by atomic mass is 9.97. The van der Waals surface area contributed by atoms with Gasteiger partial charge in [0.15, 0.2) is 0 Å². The summed E-state index contributed by atoms with van der Waals surface area (Å²) < 4.78 is 22.0. The Morgan fingerprint density at radius 1 is 1.07 bits per heavy atom. The third-order valence-electron chi connectivity index (χ3n) is 3.82. The van der Waals surface area contributed by atoms with Crippen molar-refractivity contribution in [2.75, 3.05) is 20.8 Å². The van der Waals surface area contributed by atoms with Crippen LogP contribution in [0.15, 0.2) is 16.6 Å². The van der Waals surface area contributed by atoms with Gasteiger partial charge in [0.05, 0.1) is 24.1 Å². The lowest BCUT2D eigenvalue weighted by molar-refractivity contribution is -0.184. The fourth-order valence-corrected chi connectivity index (χ4v) is 2.63. The number of ether oxygens (including phenoxy) is 4. The molecule has 1 aromatic rings. The van der Waals surface area contributed by atoms with Crippen molar-refractivity contribution >= 4 is 28.0 Å². The largest absolute Gasteiger partial charge is 0.496 e. The van der Waals surface area contributed by atoms with Gasteiger partial charge in [-0.15, -0.1) is 0 Å². The van der Waals surface area contributed by atoms with Gasteiger partial charge in [0.2, 0.25) is 0 Å². The molecular weight excluding hydrogens is 430 g/mol. The maximum absolute atomic E-state index is 12.1. The average molecular weight is 460 g/mol. The lowest BCUT2D eigenvalue weighted by Crippen LogP contribution is -2.37. The van der Waals surface area contributed by atoms with Gasteiger partial charge in [0.25, 0.3) is 6.29 Å². The molecule has 0 spiro atoms. The van der Waals surface area contributed by atoms with Gasteiger partial charge >= 0.3 is 12.1 Å². The summed E-state index contributed by atoms with van der Waals surface area (Å²) in [6.45, 7) is 9.17. The molecule has 0 aromatic heterocycles. The fourth-order valence-electron chi connectivity index (χ4n) is 2.14. The van der Waals surface area contributed by atoms with E-state index in [1.807, 2.05) is 26.0 Å². The van der Waals surface area contributed by atoms with Crippen LogP contribution >= 0.6 is 15.9 Å². The molecule has 0 bridgehead atoms. The molecule has 28 heavy (non-hydrogen) atoms. The summed E-state index contributed by atoms with van der Waals surface area (Å²) in [5.74, 6) is 0.757. The molecule has 0 aliphatic carbocycles. The van der Waals surface area contributed by atoms with Gasteiger partial charge in [0.1, 0.15) is 11.5 Å². The van der Waals surface area contributed by atoms with Gasteiger partial charge in [-0.1, -0.05) is 13.8 Å². The summed E-state index contributed by atoms with van der Waals surface area (Å²) in [5.41, 5.74) is 0.201. The number of benzene rings is 1. The van der Waals surface area contributed by atoms with E-state index in [9.17, 15) is 9.59 Å². The first-order valence-corrected chi connectivity index (χ1v) is 9.84. The molecule has 0 aliphatic heterocycles. The zero-order chi connectivity index (χ0) is 21.5. The van der Waals surface area contributed by atoms with Crippen LogP contribution in [-0.2, 0) is 20.7 Å². The molecule has 1 rings (SSSR count). The minimum Gasteiger partial charge on any atom is -0.496 e. The number of rotatable bonds is 8. The minimum absolute atomic E-state index is 0.173. The zero-order valence-corrected chi connectivity index (χ0v) is 19.1. The van der Waals surface area contributed by atoms with E-state index in [-0.39, 0.29) is 5.92 Å². The van der Waals surface area contributed by atoms with Crippen molar-refractivity contribution in [2.45, 2.75) is 47.3 Å². The lowest BCUT2D eigenvalue weighted by Gasteiger charge is -2.25. The first-order valence-electron chi connectivity index (χ1n) is 9.05. The molecule has 7 nitrogen and oxygen atoms in total. The van der Waals surface area contributed by atoms with Crippen LogP contribution in [0.5, 0.6) is 11.5 Å². The highest BCUT2D eigenvalue weighted by atomic mass is 79.9. The second-order valence-corrected chi connectivity index (χ2v) is 8.50. The first-order chi connectivity index (χ1) is 13.0. The number of carbonyl (C=O) groups is 2. The Hall–Kier alpha value is -1.96. The number of hydrogen-bond donors (Lipinski definition) is 1. The van der Waals surface area contributed by atoms with Crippen LogP contribution < -0.4 is 14.8 Å². The molecule has 1 N–H and O–H groups in total. The summed E-state index contributed by atoms with van der Waals surface area (Å²) in [7, 11) is 3.16. The molecule has 8 heteroatoms. The highest BCUT2D eigenvalue weighted by Crippen LogP contribution is 2.32. The highest BCUT2D eigenvalue weighted by Gasteiger charge is 2.29. The van der Waals surface area contributed by atoms with E-state index in [4.69, 9.17) is 18.9 Å². The molecule has 1 atom stereocenters. The molecular formula is C20H30BrNO6. The van der Waals surface area contributed by atoms with Gasteiger partial charge in [-0.2, -0.15) is 0 Å². The van der Waals surface area contributed by atoms with Crippen molar-refractivity contribution in [3.05, 3.63) is 22.2 Å². The van der Waals surface area contributed by atoms with Gasteiger partial charge in [-0.3, -0.25) is 4.79 Å². The van der Waals surface area contributed by atoms with E-state index in [0.29, 0.717) is 24.5 Å². The number of carbonyl (C=O) groups excluding carboxylic acids is 2. The van der Waals surface area contributed by atoms with Gasteiger partial charge < -0.3 is 24.3 Å². The van der Waals surface area contributed by atoms with Crippen molar-refractivity contribution in [3.8, 4) is 11.5 Å². The maximum Gasteiger partial charge on any atom is 0.410 e. The Bertz CT molecular complexity index is 684. The monoisotopic (exact) mass is 459 g/mol. The van der Waals surface area contributed by atoms with Crippen molar-refractivity contribution < 1.29 is 28.5 Å². The topological polar surface area (TPSA) is 83.1 Å². The van der Waals surface area contributed by atoms with E-state index in [0.717, 1.165) is 10.0 Å². The zero-order valence-electron chi connectivity index (χ0n) is 17.6. The number of hydrogen-bond acceptors (Lipinski definition) is 6. The van der Waals surface area contributed by atoms with Crippen LogP contribution in [0, 0.1) is 11.3 Å². The van der Waals surface area contributed by atoms with E-state index >= 15 is 0 Å². The van der Waals surface area contributed by atoms with E-state index in [1.54, 1.807) is 35.0 Å². The van der Waals surface area contributed by atoms with Gasteiger partial charge in [-0.25, -0.2) is 4.79 Å².